The first kappa shape index (κ1) is 14.0. The maximum Gasteiger partial charge on any atom is 0.265 e. The Bertz CT molecular complexity index is 540. The van der Waals surface area contributed by atoms with Gasteiger partial charge >= 0.3 is 0 Å². The highest BCUT2D eigenvalue weighted by Gasteiger charge is 2.21. The molecule has 0 saturated carbocycles. The highest BCUT2D eigenvalue weighted by molar-refractivity contribution is 9.10. The van der Waals surface area contributed by atoms with Gasteiger partial charge in [0.2, 0.25) is 10.0 Å². The average Bonchev–Trinajstić information content (AvgIpc) is 2.20. The van der Waals surface area contributed by atoms with E-state index < -0.39 is 21.2 Å². The summed E-state index contributed by atoms with van der Waals surface area (Å²) in [4.78, 5) is 11.8. The van der Waals surface area contributed by atoms with Crippen molar-refractivity contribution in [2.45, 2.75) is 19.1 Å². The van der Waals surface area contributed by atoms with Crippen molar-refractivity contribution in [3.8, 4) is 0 Å². The van der Waals surface area contributed by atoms with E-state index in [2.05, 4.69) is 15.9 Å². The lowest BCUT2D eigenvalue weighted by molar-refractivity contribution is 0.0980. The van der Waals surface area contributed by atoms with E-state index in [-0.39, 0.29) is 5.56 Å². The molecule has 0 aliphatic heterocycles. The van der Waals surface area contributed by atoms with Crippen LogP contribution in [0.15, 0.2) is 22.7 Å². The molecule has 5 nitrogen and oxygen atoms in total. The van der Waals surface area contributed by atoms with Gasteiger partial charge in [-0.05, 0) is 48.0 Å². The van der Waals surface area contributed by atoms with Gasteiger partial charge in [0.25, 0.3) is 5.91 Å². The van der Waals surface area contributed by atoms with Crippen LogP contribution in [-0.4, -0.2) is 19.6 Å². The fourth-order valence-corrected chi connectivity index (χ4v) is 2.05. The van der Waals surface area contributed by atoms with Gasteiger partial charge in [-0.2, -0.15) is 0 Å². The first-order valence-corrected chi connectivity index (χ1v) is 7.19. The lowest BCUT2D eigenvalue weighted by Gasteiger charge is -2.10. The molecule has 1 aromatic carbocycles. The Kier molecular flexibility index (Phi) is 4.16. The van der Waals surface area contributed by atoms with Crippen LogP contribution in [0, 0.1) is 0 Å². The number of nitrogen functional groups attached to an aromatic ring is 1. The van der Waals surface area contributed by atoms with Crippen molar-refractivity contribution in [1.82, 2.24) is 4.72 Å². The summed E-state index contributed by atoms with van der Waals surface area (Å²) in [6.07, 6.45) is 0. The number of carbonyl (C=O) groups is 1. The van der Waals surface area contributed by atoms with Crippen molar-refractivity contribution in [2.24, 2.45) is 0 Å². The maximum absolute atomic E-state index is 11.8. The van der Waals surface area contributed by atoms with Gasteiger partial charge in [-0.25, -0.2) is 13.1 Å². The normalized spacial score (nSPS) is 11.5. The lowest BCUT2D eigenvalue weighted by Crippen LogP contribution is -2.36. The molecule has 0 spiro atoms. The summed E-state index contributed by atoms with van der Waals surface area (Å²) in [5.41, 5.74) is 6.12. The Balaban J connectivity index is 3.03. The Morgan fingerprint density at radius 2 is 2.00 bits per heavy atom. The first-order chi connectivity index (χ1) is 7.74. The first-order valence-electron chi connectivity index (χ1n) is 4.85. The fraction of sp³-hybridized carbons (Fsp3) is 0.300. The van der Waals surface area contributed by atoms with E-state index >= 15 is 0 Å². The Morgan fingerprint density at radius 3 is 2.53 bits per heavy atom. The molecule has 0 bridgehead atoms. The van der Waals surface area contributed by atoms with Crippen LogP contribution in [0.25, 0.3) is 0 Å². The summed E-state index contributed by atoms with van der Waals surface area (Å²) in [7, 11) is -3.64. The Labute approximate surface area is 109 Å². The second-order valence-corrected chi connectivity index (χ2v) is 6.86. The van der Waals surface area contributed by atoms with Gasteiger partial charge in [-0.15, -0.1) is 0 Å². The summed E-state index contributed by atoms with van der Waals surface area (Å²) in [5, 5.41) is -0.675. The number of benzene rings is 1. The van der Waals surface area contributed by atoms with Crippen molar-refractivity contribution in [3.63, 3.8) is 0 Å². The smallest absolute Gasteiger partial charge is 0.265 e. The van der Waals surface area contributed by atoms with Crippen LogP contribution in [0.3, 0.4) is 0 Å². The number of carbonyl (C=O) groups excluding carboxylic acids is 1. The van der Waals surface area contributed by atoms with Crippen LogP contribution in [0.5, 0.6) is 0 Å². The number of nitrogens with one attached hydrogen (secondary N) is 1. The highest BCUT2D eigenvalue weighted by Crippen LogP contribution is 2.19. The molecule has 1 amide bonds. The summed E-state index contributed by atoms with van der Waals surface area (Å²) in [6.45, 7) is 2.98. The van der Waals surface area contributed by atoms with Gasteiger partial charge in [-0.3, -0.25) is 4.79 Å². The monoisotopic (exact) mass is 320 g/mol. The predicted octanol–water partition coefficient (Wildman–Crippen LogP) is 1.50. The Morgan fingerprint density at radius 1 is 1.41 bits per heavy atom. The van der Waals surface area contributed by atoms with E-state index in [9.17, 15) is 13.2 Å². The van der Waals surface area contributed by atoms with E-state index in [0.717, 1.165) is 0 Å². The lowest BCUT2D eigenvalue weighted by atomic mass is 10.2. The van der Waals surface area contributed by atoms with Crippen molar-refractivity contribution in [1.29, 1.82) is 0 Å². The third-order valence-electron chi connectivity index (χ3n) is 2.09. The summed E-state index contributed by atoms with van der Waals surface area (Å²) < 4.78 is 25.5. The number of rotatable bonds is 3. The van der Waals surface area contributed by atoms with E-state index in [1.807, 2.05) is 4.72 Å². The highest BCUT2D eigenvalue weighted by atomic mass is 79.9. The molecule has 3 N–H and O–H groups in total. The quantitative estimate of drug-likeness (QED) is 0.826. The minimum atomic E-state index is -3.64. The third kappa shape index (κ3) is 3.44. The Hall–Kier alpha value is -1.08. The number of sulfonamides is 1. The van der Waals surface area contributed by atoms with Crippen LogP contribution >= 0.6 is 15.9 Å². The van der Waals surface area contributed by atoms with Crippen LogP contribution in [0.1, 0.15) is 24.2 Å². The SMILES string of the molecule is CC(C)S(=O)(=O)NC(=O)c1cc(N)ccc1Br. The minimum Gasteiger partial charge on any atom is -0.399 e. The minimum absolute atomic E-state index is 0.189. The molecule has 0 fully saturated rings. The second-order valence-electron chi connectivity index (χ2n) is 3.76. The molecule has 0 unspecified atom stereocenters. The molecular weight excluding hydrogens is 308 g/mol. The van der Waals surface area contributed by atoms with E-state index in [1.165, 1.54) is 19.9 Å². The third-order valence-corrected chi connectivity index (χ3v) is 4.49. The standard InChI is InChI=1S/C10H13BrN2O3S/c1-6(2)17(15,16)13-10(14)8-5-7(12)3-4-9(8)11/h3-6H,12H2,1-2H3,(H,13,14). The van der Waals surface area contributed by atoms with Gasteiger partial charge in [0, 0.05) is 10.2 Å². The fourth-order valence-electron chi connectivity index (χ4n) is 1.02. The molecule has 0 aromatic heterocycles. The molecule has 0 heterocycles. The second kappa shape index (κ2) is 5.05. The molecule has 0 atom stereocenters. The van der Waals surface area contributed by atoms with Crippen LogP contribution in [0.4, 0.5) is 5.69 Å². The zero-order chi connectivity index (χ0) is 13.2. The topological polar surface area (TPSA) is 89.3 Å². The molecule has 0 radical (unpaired) electrons. The van der Waals surface area contributed by atoms with Gasteiger partial charge in [0.05, 0.1) is 10.8 Å². The number of halogens is 1. The van der Waals surface area contributed by atoms with Gasteiger partial charge in [-0.1, -0.05) is 0 Å². The number of nitrogens with two attached hydrogens (primary N) is 1. The number of anilines is 1. The summed E-state index contributed by atoms with van der Waals surface area (Å²) >= 11 is 3.16. The van der Waals surface area contributed by atoms with Crippen LogP contribution in [0.2, 0.25) is 0 Å². The number of amides is 1. The predicted molar refractivity (Wildman–Crippen MR) is 70.1 cm³/mol. The molecule has 17 heavy (non-hydrogen) atoms. The molecule has 0 aliphatic carbocycles. The zero-order valence-electron chi connectivity index (χ0n) is 9.40. The van der Waals surface area contributed by atoms with E-state index in [4.69, 9.17) is 5.73 Å². The van der Waals surface area contributed by atoms with Crippen molar-refractivity contribution >= 4 is 37.5 Å². The van der Waals surface area contributed by atoms with Crippen molar-refractivity contribution in [3.05, 3.63) is 28.2 Å². The summed E-state index contributed by atoms with van der Waals surface area (Å²) in [6, 6.07) is 4.61. The van der Waals surface area contributed by atoms with E-state index in [0.29, 0.717) is 10.2 Å². The summed E-state index contributed by atoms with van der Waals surface area (Å²) in [5.74, 6) is -0.696. The molecule has 1 aromatic rings. The van der Waals surface area contributed by atoms with Crippen molar-refractivity contribution in [2.75, 3.05) is 5.73 Å². The largest absolute Gasteiger partial charge is 0.399 e. The van der Waals surface area contributed by atoms with Crippen molar-refractivity contribution < 1.29 is 13.2 Å². The van der Waals surface area contributed by atoms with Gasteiger partial charge in [0.15, 0.2) is 0 Å². The number of hydrogen-bond acceptors (Lipinski definition) is 4. The molecule has 94 valence electrons. The molecular formula is C10H13BrN2O3S. The molecule has 0 aliphatic rings. The molecule has 0 saturated heterocycles. The van der Waals surface area contributed by atoms with Gasteiger partial charge in [0.1, 0.15) is 0 Å². The zero-order valence-corrected chi connectivity index (χ0v) is 11.8. The number of hydrogen-bond donors (Lipinski definition) is 2. The van der Waals surface area contributed by atoms with Crippen LogP contribution < -0.4 is 10.5 Å². The average molecular weight is 321 g/mol. The van der Waals surface area contributed by atoms with E-state index in [1.54, 1.807) is 12.1 Å². The van der Waals surface area contributed by atoms with Crippen LogP contribution in [-0.2, 0) is 10.0 Å². The maximum atomic E-state index is 11.8. The molecule has 7 heteroatoms. The molecule has 1 rings (SSSR count). The van der Waals surface area contributed by atoms with Gasteiger partial charge < -0.3 is 5.73 Å².